The van der Waals surface area contributed by atoms with Crippen molar-refractivity contribution in [3.05, 3.63) is 0 Å². The number of carbonyl (C=O) groups is 1. The summed E-state index contributed by atoms with van der Waals surface area (Å²) in [6, 6.07) is 0.114. The van der Waals surface area contributed by atoms with Gasteiger partial charge in [-0.05, 0) is 33.6 Å². The van der Waals surface area contributed by atoms with E-state index in [1.165, 1.54) is 0 Å². The highest BCUT2D eigenvalue weighted by molar-refractivity contribution is 5.68. The highest BCUT2D eigenvalue weighted by Gasteiger charge is 2.32. The zero-order valence-corrected chi connectivity index (χ0v) is 11.4. The Morgan fingerprint density at radius 1 is 1.35 bits per heavy atom. The monoisotopic (exact) mass is 243 g/mol. The number of aliphatic hydroxyl groups excluding tert-OH is 1. The summed E-state index contributed by atoms with van der Waals surface area (Å²) in [4.78, 5) is 13.6. The maximum Gasteiger partial charge on any atom is 0.410 e. The lowest BCUT2D eigenvalue weighted by atomic mass is 9.84. The van der Waals surface area contributed by atoms with Gasteiger partial charge in [-0.2, -0.15) is 0 Å². The molecule has 1 amide bonds. The molecule has 1 rings (SSSR count). The second-order valence-electron chi connectivity index (χ2n) is 5.89. The predicted molar refractivity (Wildman–Crippen MR) is 66.8 cm³/mol. The van der Waals surface area contributed by atoms with Crippen molar-refractivity contribution in [2.24, 2.45) is 5.92 Å². The Balaban J connectivity index is 2.60. The van der Waals surface area contributed by atoms with Gasteiger partial charge >= 0.3 is 6.09 Å². The SMILES string of the molecule is CN(C(=O)OC(C)(C)C)[C@@H]1CCCC[C@@H]1CO. The third kappa shape index (κ3) is 4.19. The molecule has 17 heavy (non-hydrogen) atoms. The van der Waals surface area contributed by atoms with Crippen LogP contribution in [-0.2, 0) is 4.74 Å². The molecule has 1 aliphatic rings. The van der Waals surface area contributed by atoms with Gasteiger partial charge in [-0.15, -0.1) is 0 Å². The van der Waals surface area contributed by atoms with Crippen LogP contribution in [0.5, 0.6) is 0 Å². The smallest absolute Gasteiger partial charge is 0.410 e. The molecule has 1 aliphatic carbocycles. The average Bonchev–Trinajstić information content (AvgIpc) is 2.25. The van der Waals surface area contributed by atoms with Gasteiger partial charge in [-0.3, -0.25) is 0 Å². The summed E-state index contributed by atoms with van der Waals surface area (Å²) in [5.41, 5.74) is -0.464. The molecular weight excluding hydrogens is 218 g/mol. The number of rotatable bonds is 2. The van der Waals surface area contributed by atoms with E-state index in [0.29, 0.717) is 0 Å². The highest BCUT2D eigenvalue weighted by atomic mass is 16.6. The van der Waals surface area contributed by atoms with Crippen LogP contribution < -0.4 is 0 Å². The maximum absolute atomic E-state index is 11.9. The van der Waals surface area contributed by atoms with Gasteiger partial charge in [-0.25, -0.2) is 4.79 Å². The summed E-state index contributed by atoms with van der Waals surface area (Å²) in [5, 5.41) is 9.35. The van der Waals surface area contributed by atoms with Crippen molar-refractivity contribution in [2.45, 2.75) is 58.1 Å². The van der Waals surface area contributed by atoms with Crippen molar-refractivity contribution in [1.82, 2.24) is 4.90 Å². The number of amides is 1. The molecule has 4 nitrogen and oxygen atoms in total. The predicted octanol–water partition coefficient (Wildman–Crippen LogP) is 2.40. The van der Waals surface area contributed by atoms with E-state index < -0.39 is 5.60 Å². The highest BCUT2D eigenvalue weighted by Crippen LogP contribution is 2.28. The van der Waals surface area contributed by atoms with Gasteiger partial charge in [0, 0.05) is 25.6 Å². The van der Waals surface area contributed by atoms with Crippen LogP contribution in [0.15, 0.2) is 0 Å². The van der Waals surface area contributed by atoms with Crippen LogP contribution in [0.2, 0.25) is 0 Å². The van der Waals surface area contributed by atoms with Crippen LogP contribution in [0.25, 0.3) is 0 Å². The summed E-state index contributed by atoms with van der Waals surface area (Å²) < 4.78 is 5.35. The van der Waals surface area contributed by atoms with Crippen molar-refractivity contribution in [3.63, 3.8) is 0 Å². The largest absolute Gasteiger partial charge is 0.444 e. The van der Waals surface area contributed by atoms with Gasteiger partial charge in [0.1, 0.15) is 5.60 Å². The summed E-state index contributed by atoms with van der Waals surface area (Å²) >= 11 is 0. The number of nitrogens with zero attached hydrogens (tertiary/aromatic N) is 1. The number of hydrogen-bond acceptors (Lipinski definition) is 3. The van der Waals surface area contributed by atoms with E-state index >= 15 is 0 Å². The Morgan fingerprint density at radius 3 is 2.47 bits per heavy atom. The fraction of sp³-hybridized carbons (Fsp3) is 0.923. The van der Waals surface area contributed by atoms with E-state index in [4.69, 9.17) is 4.74 Å². The number of aliphatic hydroxyl groups is 1. The van der Waals surface area contributed by atoms with Gasteiger partial charge in [0.25, 0.3) is 0 Å². The summed E-state index contributed by atoms with van der Waals surface area (Å²) in [5.74, 6) is 0.196. The number of carbonyl (C=O) groups excluding carboxylic acids is 1. The molecule has 1 N–H and O–H groups in total. The first-order valence-electron chi connectivity index (χ1n) is 6.42. The quantitative estimate of drug-likeness (QED) is 0.810. The van der Waals surface area contributed by atoms with Crippen LogP contribution >= 0.6 is 0 Å². The van der Waals surface area contributed by atoms with Crippen molar-refractivity contribution in [3.8, 4) is 0 Å². The van der Waals surface area contributed by atoms with Gasteiger partial charge in [0.05, 0.1) is 0 Å². The topological polar surface area (TPSA) is 49.8 Å². The third-order valence-electron chi connectivity index (χ3n) is 3.28. The van der Waals surface area contributed by atoms with Gasteiger partial charge in [0.15, 0.2) is 0 Å². The molecule has 4 heteroatoms. The van der Waals surface area contributed by atoms with Crippen LogP contribution in [0, 0.1) is 5.92 Å². The Hall–Kier alpha value is -0.770. The summed E-state index contributed by atoms with van der Waals surface area (Å²) in [6.45, 7) is 5.74. The van der Waals surface area contributed by atoms with Crippen LogP contribution in [0.3, 0.4) is 0 Å². The van der Waals surface area contributed by atoms with Gasteiger partial charge < -0.3 is 14.7 Å². The molecule has 0 aliphatic heterocycles. The molecule has 0 unspecified atom stereocenters. The van der Waals surface area contributed by atoms with E-state index in [9.17, 15) is 9.90 Å². The van der Waals surface area contributed by atoms with E-state index in [0.717, 1.165) is 25.7 Å². The minimum Gasteiger partial charge on any atom is -0.444 e. The fourth-order valence-corrected chi connectivity index (χ4v) is 2.38. The first kappa shape index (κ1) is 14.3. The fourth-order valence-electron chi connectivity index (χ4n) is 2.38. The summed E-state index contributed by atoms with van der Waals surface area (Å²) in [6.07, 6.45) is 3.93. The van der Waals surface area contributed by atoms with Crippen LogP contribution in [-0.4, -0.2) is 41.4 Å². The Morgan fingerprint density at radius 2 is 1.94 bits per heavy atom. The number of hydrogen-bond donors (Lipinski definition) is 1. The lowest BCUT2D eigenvalue weighted by Crippen LogP contribution is -2.46. The van der Waals surface area contributed by atoms with E-state index in [1.807, 2.05) is 20.8 Å². The van der Waals surface area contributed by atoms with Gasteiger partial charge in [0.2, 0.25) is 0 Å². The normalized spacial score (nSPS) is 25.5. The molecule has 0 aromatic heterocycles. The van der Waals surface area contributed by atoms with Crippen molar-refractivity contribution >= 4 is 6.09 Å². The molecule has 0 saturated heterocycles. The zero-order valence-electron chi connectivity index (χ0n) is 11.4. The van der Waals surface area contributed by atoms with E-state index in [-0.39, 0.29) is 24.7 Å². The minimum atomic E-state index is -0.464. The second-order valence-corrected chi connectivity index (χ2v) is 5.89. The lowest BCUT2D eigenvalue weighted by molar-refractivity contribution is 0.00620. The number of ether oxygens (including phenoxy) is 1. The molecule has 100 valence electrons. The Bertz CT molecular complexity index is 260. The van der Waals surface area contributed by atoms with Crippen LogP contribution in [0.4, 0.5) is 4.79 Å². The molecule has 0 aromatic rings. The maximum atomic E-state index is 11.9. The second kappa shape index (κ2) is 5.71. The first-order valence-corrected chi connectivity index (χ1v) is 6.42. The Labute approximate surface area is 104 Å². The molecule has 0 heterocycles. The molecule has 1 saturated carbocycles. The molecular formula is C13H25NO3. The van der Waals surface area contributed by atoms with Gasteiger partial charge in [-0.1, -0.05) is 12.8 Å². The van der Waals surface area contributed by atoms with Crippen LogP contribution in [0.1, 0.15) is 46.5 Å². The molecule has 0 spiro atoms. The van der Waals surface area contributed by atoms with Crippen molar-refractivity contribution < 1.29 is 14.6 Å². The first-order chi connectivity index (χ1) is 7.85. The molecule has 0 radical (unpaired) electrons. The average molecular weight is 243 g/mol. The van der Waals surface area contributed by atoms with Crippen molar-refractivity contribution in [1.29, 1.82) is 0 Å². The molecule has 2 atom stereocenters. The zero-order chi connectivity index (χ0) is 13.1. The molecule has 1 fully saturated rings. The summed E-state index contributed by atoms with van der Waals surface area (Å²) in [7, 11) is 1.77. The van der Waals surface area contributed by atoms with Crippen molar-refractivity contribution in [2.75, 3.05) is 13.7 Å². The van der Waals surface area contributed by atoms with E-state index in [2.05, 4.69) is 0 Å². The molecule has 0 bridgehead atoms. The Kier molecular flexibility index (Phi) is 4.80. The lowest BCUT2D eigenvalue weighted by Gasteiger charge is -2.37. The van der Waals surface area contributed by atoms with E-state index in [1.54, 1.807) is 11.9 Å². The standard InChI is InChI=1S/C13H25NO3/c1-13(2,3)17-12(16)14(4)11-8-6-5-7-10(11)9-15/h10-11,15H,5-9H2,1-4H3/t10-,11-/m1/s1. The minimum absolute atomic E-state index is 0.114. The molecule has 0 aromatic carbocycles. The third-order valence-corrected chi connectivity index (χ3v) is 3.28.